The zero-order valence-corrected chi connectivity index (χ0v) is 10.5. The number of rotatable bonds is 7. The van der Waals surface area contributed by atoms with Crippen molar-refractivity contribution in [1.82, 2.24) is 5.32 Å². The highest BCUT2D eigenvalue weighted by molar-refractivity contribution is 5.44. The Hall–Kier alpha value is -1.06. The molecule has 1 aliphatic carbocycles. The van der Waals surface area contributed by atoms with Crippen LogP contribution in [0.3, 0.4) is 0 Å². The van der Waals surface area contributed by atoms with E-state index < -0.39 is 0 Å². The molecule has 0 aliphatic heterocycles. The molecule has 1 fully saturated rings. The van der Waals surface area contributed by atoms with Gasteiger partial charge in [0.15, 0.2) is 0 Å². The van der Waals surface area contributed by atoms with Gasteiger partial charge in [-0.2, -0.15) is 0 Å². The van der Waals surface area contributed by atoms with Crippen LogP contribution in [-0.2, 0) is 0 Å². The van der Waals surface area contributed by atoms with E-state index in [0.717, 1.165) is 13.0 Å². The summed E-state index contributed by atoms with van der Waals surface area (Å²) in [5.74, 6) is 0. The van der Waals surface area contributed by atoms with Gasteiger partial charge in [-0.25, -0.2) is 0 Å². The van der Waals surface area contributed by atoms with Crippen molar-refractivity contribution in [3.63, 3.8) is 0 Å². The Labute approximate surface area is 103 Å². The molecular formula is C14H22N2O. The van der Waals surface area contributed by atoms with Crippen LogP contribution in [0.25, 0.3) is 0 Å². The van der Waals surface area contributed by atoms with Gasteiger partial charge in [0.25, 0.3) is 0 Å². The molecule has 0 heterocycles. The molecule has 1 aromatic rings. The van der Waals surface area contributed by atoms with Gasteiger partial charge in [-0.15, -0.1) is 0 Å². The summed E-state index contributed by atoms with van der Waals surface area (Å²) in [7, 11) is 2.10. The molecule has 0 amide bonds. The second-order valence-corrected chi connectivity index (χ2v) is 4.87. The SMILES string of the molecule is CN(CCC(CO)NC1CC1)c1ccccc1. The van der Waals surface area contributed by atoms with E-state index in [1.165, 1.54) is 18.5 Å². The summed E-state index contributed by atoms with van der Waals surface area (Å²) in [5, 5.41) is 12.8. The van der Waals surface area contributed by atoms with E-state index in [2.05, 4.69) is 41.5 Å². The van der Waals surface area contributed by atoms with E-state index in [0.29, 0.717) is 6.04 Å². The van der Waals surface area contributed by atoms with Gasteiger partial charge < -0.3 is 15.3 Å². The molecule has 3 heteroatoms. The summed E-state index contributed by atoms with van der Waals surface area (Å²) in [6.45, 7) is 1.20. The standard InChI is InChI=1S/C14H22N2O/c1-16(14-5-3-2-4-6-14)10-9-13(11-17)15-12-7-8-12/h2-6,12-13,15,17H,7-11H2,1H3. The van der Waals surface area contributed by atoms with Crippen LogP contribution in [0.1, 0.15) is 19.3 Å². The number of aliphatic hydroxyl groups excluding tert-OH is 1. The Balaban J connectivity index is 1.76. The van der Waals surface area contributed by atoms with Crippen molar-refractivity contribution >= 4 is 5.69 Å². The smallest absolute Gasteiger partial charge is 0.0585 e. The number of anilines is 1. The third kappa shape index (κ3) is 4.02. The Morgan fingerprint density at radius 1 is 1.35 bits per heavy atom. The molecule has 2 N–H and O–H groups in total. The highest BCUT2D eigenvalue weighted by Crippen LogP contribution is 2.20. The first-order chi connectivity index (χ1) is 8.29. The maximum absolute atomic E-state index is 9.31. The minimum absolute atomic E-state index is 0.235. The lowest BCUT2D eigenvalue weighted by Gasteiger charge is -2.23. The molecule has 1 saturated carbocycles. The maximum atomic E-state index is 9.31. The summed E-state index contributed by atoms with van der Waals surface area (Å²) in [6.07, 6.45) is 3.52. The molecule has 2 rings (SSSR count). The average Bonchev–Trinajstić information content (AvgIpc) is 3.19. The molecule has 0 radical (unpaired) electrons. The summed E-state index contributed by atoms with van der Waals surface area (Å²) >= 11 is 0. The first-order valence-corrected chi connectivity index (χ1v) is 6.42. The van der Waals surface area contributed by atoms with Gasteiger partial charge in [0.1, 0.15) is 0 Å². The predicted octanol–water partition coefficient (Wildman–Crippen LogP) is 1.63. The van der Waals surface area contributed by atoms with Crippen LogP contribution >= 0.6 is 0 Å². The largest absolute Gasteiger partial charge is 0.395 e. The Morgan fingerprint density at radius 3 is 2.65 bits per heavy atom. The molecular weight excluding hydrogens is 212 g/mol. The topological polar surface area (TPSA) is 35.5 Å². The van der Waals surface area contributed by atoms with Gasteiger partial charge in [-0.1, -0.05) is 18.2 Å². The van der Waals surface area contributed by atoms with Crippen LogP contribution in [0.5, 0.6) is 0 Å². The molecule has 1 unspecified atom stereocenters. The lowest BCUT2D eigenvalue weighted by atomic mass is 10.2. The first-order valence-electron chi connectivity index (χ1n) is 6.42. The normalized spacial score (nSPS) is 16.8. The number of nitrogens with one attached hydrogen (secondary N) is 1. The summed E-state index contributed by atoms with van der Waals surface area (Å²) in [5.41, 5.74) is 1.23. The van der Waals surface area contributed by atoms with Gasteiger partial charge >= 0.3 is 0 Å². The van der Waals surface area contributed by atoms with Crippen molar-refractivity contribution in [1.29, 1.82) is 0 Å². The zero-order valence-electron chi connectivity index (χ0n) is 10.5. The lowest BCUT2D eigenvalue weighted by molar-refractivity contribution is 0.235. The molecule has 17 heavy (non-hydrogen) atoms. The molecule has 1 aromatic carbocycles. The summed E-state index contributed by atoms with van der Waals surface area (Å²) in [6, 6.07) is 11.3. The molecule has 0 spiro atoms. The van der Waals surface area contributed by atoms with Crippen molar-refractivity contribution in [2.75, 3.05) is 25.1 Å². The highest BCUT2D eigenvalue weighted by atomic mass is 16.3. The maximum Gasteiger partial charge on any atom is 0.0585 e. The number of benzene rings is 1. The van der Waals surface area contributed by atoms with Crippen LogP contribution in [0.2, 0.25) is 0 Å². The first kappa shape index (κ1) is 12.4. The van der Waals surface area contributed by atoms with E-state index >= 15 is 0 Å². The number of nitrogens with zero attached hydrogens (tertiary/aromatic N) is 1. The van der Waals surface area contributed by atoms with Crippen LogP contribution < -0.4 is 10.2 Å². The summed E-state index contributed by atoms with van der Waals surface area (Å²) in [4.78, 5) is 2.23. The van der Waals surface area contributed by atoms with Crippen LogP contribution in [0.4, 0.5) is 5.69 Å². The van der Waals surface area contributed by atoms with Gasteiger partial charge in [0, 0.05) is 31.4 Å². The third-order valence-corrected chi connectivity index (χ3v) is 3.28. The van der Waals surface area contributed by atoms with Crippen LogP contribution in [0, 0.1) is 0 Å². The van der Waals surface area contributed by atoms with Crippen molar-refractivity contribution in [3.05, 3.63) is 30.3 Å². The van der Waals surface area contributed by atoms with Gasteiger partial charge in [-0.05, 0) is 31.4 Å². The molecule has 94 valence electrons. The van der Waals surface area contributed by atoms with E-state index in [4.69, 9.17) is 0 Å². The van der Waals surface area contributed by atoms with E-state index in [1.807, 2.05) is 6.07 Å². The molecule has 0 saturated heterocycles. The second-order valence-electron chi connectivity index (χ2n) is 4.87. The molecule has 1 aliphatic rings. The van der Waals surface area contributed by atoms with Gasteiger partial charge in [0.2, 0.25) is 0 Å². The molecule has 0 aromatic heterocycles. The van der Waals surface area contributed by atoms with Crippen molar-refractivity contribution in [2.45, 2.75) is 31.3 Å². The molecule has 1 atom stereocenters. The zero-order chi connectivity index (χ0) is 12.1. The summed E-state index contributed by atoms with van der Waals surface area (Å²) < 4.78 is 0. The molecule has 0 bridgehead atoms. The fourth-order valence-electron chi connectivity index (χ4n) is 1.97. The van der Waals surface area contributed by atoms with Crippen LogP contribution in [0.15, 0.2) is 30.3 Å². The van der Waals surface area contributed by atoms with Crippen molar-refractivity contribution in [2.24, 2.45) is 0 Å². The predicted molar refractivity (Wildman–Crippen MR) is 71.4 cm³/mol. The minimum atomic E-state index is 0.235. The highest BCUT2D eigenvalue weighted by Gasteiger charge is 2.24. The van der Waals surface area contributed by atoms with E-state index in [1.54, 1.807) is 0 Å². The fraction of sp³-hybridized carbons (Fsp3) is 0.571. The Bertz CT molecular complexity index is 324. The van der Waals surface area contributed by atoms with Gasteiger partial charge in [-0.3, -0.25) is 0 Å². The lowest BCUT2D eigenvalue weighted by Crippen LogP contribution is -2.37. The van der Waals surface area contributed by atoms with Crippen molar-refractivity contribution < 1.29 is 5.11 Å². The van der Waals surface area contributed by atoms with E-state index in [-0.39, 0.29) is 12.6 Å². The fourth-order valence-corrected chi connectivity index (χ4v) is 1.97. The van der Waals surface area contributed by atoms with Gasteiger partial charge in [0.05, 0.1) is 6.61 Å². The Kier molecular flexibility index (Phi) is 4.40. The van der Waals surface area contributed by atoms with Crippen molar-refractivity contribution in [3.8, 4) is 0 Å². The number of para-hydroxylation sites is 1. The monoisotopic (exact) mass is 234 g/mol. The number of hydrogen-bond donors (Lipinski definition) is 2. The van der Waals surface area contributed by atoms with Crippen LogP contribution in [-0.4, -0.2) is 37.4 Å². The molecule has 3 nitrogen and oxygen atoms in total. The number of hydrogen-bond acceptors (Lipinski definition) is 3. The Morgan fingerprint density at radius 2 is 2.06 bits per heavy atom. The quantitative estimate of drug-likeness (QED) is 0.752. The second kappa shape index (κ2) is 6.03. The average molecular weight is 234 g/mol. The minimum Gasteiger partial charge on any atom is -0.395 e. The van der Waals surface area contributed by atoms with E-state index in [9.17, 15) is 5.11 Å². The number of aliphatic hydroxyl groups is 1. The third-order valence-electron chi connectivity index (χ3n) is 3.28.